The van der Waals surface area contributed by atoms with E-state index in [-0.39, 0.29) is 6.01 Å². The summed E-state index contributed by atoms with van der Waals surface area (Å²) < 4.78 is 29.4. The second-order valence-electron chi connectivity index (χ2n) is 3.90. The number of nitrogens with one attached hydrogen (secondary N) is 3. The fraction of sp³-hybridized carbons (Fsp3) is 0.700. The summed E-state index contributed by atoms with van der Waals surface area (Å²) >= 11 is 0. The lowest BCUT2D eigenvalue weighted by Gasteiger charge is -2.08. The molecule has 0 atom stereocenters. The second kappa shape index (κ2) is 7.80. The maximum atomic E-state index is 10.9. The van der Waals surface area contributed by atoms with Crippen LogP contribution in [0, 0.1) is 0 Å². The first kappa shape index (κ1) is 16.4. The van der Waals surface area contributed by atoms with Crippen LogP contribution in [-0.4, -0.2) is 56.4 Å². The predicted octanol–water partition coefficient (Wildman–Crippen LogP) is -0.337. The number of nitrogens with zero attached hydrogens (tertiary/aromatic N) is 3. The fourth-order valence-corrected chi connectivity index (χ4v) is 1.80. The van der Waals surface area contributed by atoms with Crippen molar-refractivity contribution in [1.82, 2.24) is 19.7 Å². The second-order valence-corrected chi connectivity index (χ2v) is 5.73. The van der Waals surface area contributed by atoms with Crippen molar-refractivity contribution in [3.63, 3.8) is 0 Å². The quantitative estimate of drug-likeness (QED) is 0.530. The van der Waals surface area contributed by atoms with E-state index in [1.54, 1.807) is 7.05 Å². The molecular weight excluding hydrogens is 284 g/mol. The molecule has 0 saturated heterocycles. The van der Waals surface area contributed by atoms with Gasteiger partial charge in [0, 0.05) is 20.1 Å². The van der Waals surface area contributed by atoms with Crippen LogP contribution in [0.5, 0.6) is 6.01 Å². The highest BCUT2D eigenvalue weighted by Gasteiger charge is 2.06. The number of sulfonamides is 1. The van der Waals surface area contributed by atoms with Crippen LogP contribution in [0.2, 0.25) is 0 Å². The van der Waals surface area contributed by atoms with Crippen LogP contribution >= 0.6 is 0 Å². The van der Waals surface area contributed by atoms with Gasteiger partial charge in [-0.1, -0.05) is 0 Å². The van der Waals surface area contributed by atoms with E-state index in [4.69, 9.17) is 4.74 Å². The van der Waals surface area contributed by atoms with Gasteiger partial charge in [0.05, 0.1) is 12.9 Å². The third-order valence-electron chi connectivity index (χ3n) is 2.11. The SMILES string of the molecule is CCOc1nc(NC)nc(NCCCNS(C)(=O)=O)n1. The number of anilines is 2. The summed E-state index contributed by atoms with van der Waals surface area (Å²) in [6.07, 6.45) is 1.73. The van der Waals surface area contributed by atoms with Crippen molar-refractivity contribution in [2.45, 2.75) is 13.3 Å². The van der Waals surface area contributed by atoms with Crippen LogP contribution in [-0.2, 0) is 10.0 Å². The van der Waals surface area contributed by atoms with Crippen molar-refractivity contribution < 1.29 is 13.2 Å². The zero-order valence-corrected chi connectivity index (χ0v) is 12.6. The lowest BCUT2D eigenvalue weighted by molar-refractivity contribution is 0.312. The maximum absolute atomic E-state index is 10.9. The Morgan fingerprint density at radius 1 is 1.15 bits per heavy atom. The number of aromatic nitrogens is 3. The van der Waals surface area contributed by atoms with Gasteiger partial charge in [0.15, 0.2) is 0 Å². The zero-order valence-electron chi connectivity index (χ0n) is 11.8. The Labute approximate surface area is 118 Å². The van der Waals surface area contributed by atoms with Gasteiger partial charge in [-0.25, -0.2) is 13.1 Å². The van der Waals surface area contributed by atoms with Crippen molar-refractivity contribution in [3.05, 3.63) is 0 Å². The summed E-state index contributed by atoms with van der Waals surface area (Å²) in [5.41, 5.74) is 0. The van der Waals surface area contributed by atoms with Crippen LogP contribution in [0.1, 0.15) is 13.3 Å². The van der Waals surface area contributed by atoms with Crippen LogP contribution < -0.4 is 20.1 Å². The first-order chi connectivity index (χ1) is 9.44. The molecule has 114 valence electrons. The third-order valence-corrected chi connectivity index (χ3v) is 2.84. The van der Waals surface area contributed by atoms with E-state index in [1.807, 2.05) is 6.92 Å². The standard InChI is InChI=1S/C10H20N6O3S/c1-4-19-10-15-8(11-2)14-9(16-10)12-6-5-7-13-20(3,17)18/h13H,4-7H2,1-3H3,(H2,11,12,14,15,16). The molecule has 3 N–H and O–H groups in total. The van der Waals surface area contributed by atoms with Crippen LogP contribution in [0.3, 0.4) is 0 Å². The molecule has 0 saturated carbocycles. The molecule has 10 heteroatoms. The predicted molar refractivity (Wildman–Crippen MR) is 76.5 cm³/mol. The van der Waals surface area contributed by atoms with E-state index in [0.29, 0.717) is 38.0 Å². The largest absolute Gasteiger partial charge is 0.464 e. The molecule has 9 nitrogen and oxygen atoms in total. The smallest absolute Gasteiger partial charge is 0.323 e. The molecule has 1 rings (SSSR count). The van der Waals surface area contributed by atoms with E-state index in [1.165, 1.54) is 0 Å². The molecule has 1 aromatic heterocycles. The third kappa shape index (κ3) is 6.48. The lowest BCUT2D eigenvalue weighted by atomic mass is 10.4. The number of hydrogen-bond acceptors (Lipinski definition) is 8. The van der Waals surface area contributed by atoms with Crippen LogP contribution in [0.25, 0.3) is 0 Å². The zero-order chi connectivity index (χ0) is 15.0. The molecule has 0 spiro atoms. The van der Waals surface area contributed by atoms with E-state index < -0.39 is 10.0 Å². The summed E-state index contributed by atoms with van der Waals surface area (Å²) in [6, 6.07) is 0.239. The average Bonchev–Trinajstić information content (AvgIpc) is 2.37. The molecule has 0 unspecified atom stereocenters. The monoisotopic (exact) mass is 304 g/mol. The summed E-state index contributed by atoms with van der Waals surface area (Å²) in [6.45, 7) is 3.19. The van der Waals surface area contributed by atoms with Crippen molar-refractivity contribution in [2.75, 3.05) is 43.6 Å². The van der Waals surface area contributed by atoms with Gasteiger partial charge >= 0.3 is 6.01 Å². The molecule has 0 aliphatic carbocycles. The topological polar surface area (TPSA) is 118 Å². The number of rotatable bonds is 9. The van der Waals surface area contributed by atoms with Gasteiger partial charge in [0.25, 0.3) is 0 Å². The Morgan fingerprint density at radius 3 is 2.45 bits per heavy atom. The summed E-state index contributed by atoms with van der Waals surface area (Å²) in [4.78, 5) is 12.2. The van der Waals surface area contributed by atoms with Crippen molar-refractivity contribution >= 4 is 21.9 Å². The van der Waals surface area contributed by atoms with Crippen molar-refractivity contribution in [3.8, 4) is 6.01 Å². The minimum Gasteiger partial charge on any atom is -0.464 e. The fourth-order valence-electron chi connectivity index (χ4n) is 1.29. The van der Waals surface area contributed by atoms with Crippen LogP contribution in [0.4, 0.5) is 11.9 Å². The molecule has 20 heavy (non-hydrogen) atoms. The maximum Gasteiger partial charge on any atom is 0.323 e. The first-order valence-corrected chi connectivity index (χ1v) is 8.09. The van der Waals surface area contributed by atoms with Gasteiger partial charge in [0.2, 0.25) is 21.9 Å². The Kier molecular flexibility index (Phi) is 6.39. The van der Waals surface area contributed by atoms with E-state index in [0.717, 1.165) is 6.26 Å². The molecule has 0 aliphatic rings. The first-order valence-electron chi connectivity index (χ1n) is 6.19. The van der Waals surface area contributed by atoms with Crippen LogP contribution in [0.15, 0.2) is 0 Å². The normalized spacial score (nSPS) is 11.2. The highest BCUT2D eigenvalue weighted by Crippen LogP contribution is 2.10. The highest BCUT2D eigenvalue weighted by molar-refractivity contribution is 7.88. The minimum atomic E-state index is -3.14. The van der Waals surface area contributed by atoms with Gasteiger partial charge in [-0.15, -0.1) is 0 Å². The summed E-state index contributed by atoms with van der Waals surface area (Å²) in [5.74, 6) is 0.785. The molecular formula is C10H20N6O3S. The number of ether oxygens (including phenoxy) is 1. The van der Waals surface area contributed by atoms with Crippen molar-refractivity contribution in [1.29, 1.82) is 0 Å². The summed E-state index contributed by atoms with van der Waals surface area (Å²) in [5, 5.41) is 5.80. The van der Waals surface area contributed by atoms with Crippen molar-refractivity contribution in [2.24, 2.45) is 0 Å². The van der Waals surface area contributed by atoms with Gasteiger partial charge in [0.1, 0.15) is 0 Å². The van der Waals surface area contributed by atoms with E-state index in [9.17, 15) is 8.42 Å². The Bertz CT molecular complexity index is 522. The van der Waals surface area contributed by atoms with E-state index >= 15 is 0 Å². The van der Waals surface area contributed by atoms with Gasteiger partial charge in [-0.2, -0.15) is 15.0 Å². The molecule has 0 radical (unpaired) electrons. The summed E-state index contributed by atoms with van der Waals surface area (Å²) in [7, 11) is -1.44. The molecule has 0 aromatic carbocycles. The Hall–Kier alpha value is -1.68. The molecule has 0 amide bonds. The molecule has 0 bridgehead atoms. The van der Waals surface area contributed by atoms with E-state index in [2.05, 4.69) is 30.3 Å². The molecule has 1 aromatic rings. The number of hydrogen-bond donors (Lipinski definition) is 3. The molecule has 0 fully saturated rings. The Balaban J connectivity index is 2.48. The lowest BCUT2D eigenvalue weighted by Crippen LogP contribution is -2.24. The average molecular weight is 304 g/mol. The Morgan fingerprint density at radius 2 is 1.85 bits per heavy atom. The van der Waals surface area contributed by atoms with Gasteiger partial charge < -0.3 is 15.4 Å². The minimum absolute atomic E-state index is 0.239. The molecule has 0 aliphatic heterocycles. The van der Waals surface area contributed by atoms with Gasteiger partial charge in [-0.05, 0) is 13.3 Å². The molecule has 1 heterocycles. The highest BCUT2D eigenvalue weighted by atomic mass is 32.2. The van der Waals surface area contributed by atoms with Gasteiger partial charge in [-0.3, -0.25) is 0 Å².